The van der Waals surface area contributed by atoms with Crippen LogP contribution in [0.2, 0.25) is 0 Å². The monoisotopic (exact) mass is 477 g/mol. The van der Waals surface area contributed by atoms with Gasteiger partial charge in [-0.2, -0.15) is 5.26 Å². The minimum Gasteiger partial charge on any atom is -0.460 e. The maximum atomic E-state index is 13.0. The van der Waals surface area contributed by atoms with Crippen molar-refractivity contribution in [2.75, 3.05) is 31.1 Å². The number of nitriles is 1. The first-order chi connectivity index (χ1) is 17.7. The highest BCUT2D eigenvalue weighted by molar-refractivity contribution is 5.85. The largest absolute Gasteiger partial charge is 0.460 e. The van der Waals surface area contributed by atoms with Gasteiger partial charge in [-0.3, -0.25) is 9.69 Å². The average molecular weight is 478 g/mol. The van der Waals surface area contributed by atoms with Crippen LogP contribution in [0, 0.1) is 11.3 Å². The predicted octanol–water partition coefficient (Wildman–Crippen LogP) is 4.30. The lowest BCUT2D eigenvalue weighted by atomic mass is 10.1. The van der Waals surface area contributed by atoms with Gasteiger partial charge in [0.2, 0.25) is 0 Å². The Bertz CT molecular complexity index is 1360. The summed E-state index contributed by atoms with van der Waals surface area (Å²) in [6.07, 6.45) is 0. The van der Waals surface area contributed by atoms with E-state index in [0.717, 1.165) is 43.8 Å². The quantitative estimate of drug-likeness (QED) is 0.367. The van der Waals surface area contributed by atoms with Gasteiger partial charge in [0, 0.05) is 32.7 Å². The lowest BCUT2D eigenvalue weighted by Crippen LogP contribution is -2.46. The van der Waals surface area contributed by atoms with E-state index in [2.05, 4.69) is 40.1 Å². The Hall–Kier alpha value is -4.28. The Morgan fingerprint density at radius 1 is 0.833 bits per heavy atom. The van der Waals surface area contributed by atoms with Gasteiger partial charge < -0.3 is 9.64 Å². The van der Waals surface area contributed by atoms with E-state index in [4.69, 9.17) is 14.7 Å². The summed E-state index contributed by atoms with van der Waals surface area (Å²) < 4.78 is 5.52. The number of anilines is 1. The average Bonchev–Trinajstić information content (AvgIpc) is 2.93. The fourth-order valence-corrected chi connectivity index (χ4v) is 4.43. The van der Waals surface area contributed by atoms with Crippen LogP contribution in [-0.4, -0.2) is 47.0 Å². The molecular weight excluding hydrogens is 450 g/mol. The molecule has 1 atom stereocenters. The van der Waals surface area contributed by atoms with Gasteiger partial charge in [-0.15, -0.1) is 0 Å². The molecule has 1 fully saturated rings. The van der Waals surface area contributed by atoms with Crippen LogP contribution >= 0.6 is 0 Å². The third-order valence-electron chi connectivity index (χ3n) is 6.36. The number of hydrogen-bond acceptors (Lipinski definition) is 7. The van der Waals surface area contributed by atoms with Gasteiger partial charge in [-0.05, 0) is 23.3 Å². The van der Waals surface area contributed by atoms with Gasteiger partial charge in [-0.1, -0.05) is 72.8 Å². The predicted molar refractivity (Wildman–Crippen MR) is 138 cm³/mol. The van der Waals surface area contributed by atoms with Crippen molar-refractivity contribution in [3.8, 4) is 6.07 Å². The van der Waals surface area contributed by atoms with Gasteiger partial charge in [0.1, 0.15) is 12.3 Å². The summed E-state index contributed by atoms with van der Waals surface area (Å²) >= 11 is 0. The zero-order valence-electron chi connectivity index (χ0n) is 20.0. The van der Waals surface area contributed by atoms with Crippen molar-refractivity contribution in [1.29, 1.82) is 5.26 Å². The van der Waals surface area contributed by atoms with E-state index in [1.54, 1.807) is 0 Å². The molecule has 1 aromatic heterocycles. The van der Waals surface area contributed by atoms with Crippen molar-refractivity contribution >= 4 is 22.8 Å². The van der Waals surface area contributed by atoms with Crippen LogP contribution in [0.3, 0.4) is 0 Å². The second kappa shape index (κ2) is 11.0. The molecular formula is C29H27N5O2. The fraction of sp³-hybridized carbons (Fsp3) is 0.241. The summed E-state index contributed by atoms with van der Waals surface area (Å²) in [5.74, 6) is -1.20. The smallest absolute Gasteiger partial charge is 0.330 e. The molecule has 2 heterocycles. The third-order valence-corrected chi connectivity index (χ3v) is 6.36. The second-order valence-corrected chi connectivity index (χ2v) is 8.83. The fourth-order valence-electron chi connectivity index (χ4n) is 4.43. The van der Waals surface area contributed by atoms with E-state index < -0.39 is 11.9 Å². The number of para-hydroxylation sites is 2. The standard InChI is InChI=1S/C29H27N5O2/c30-19-24(29(35)36-21-23-11-5-2-6-12-23)27-28(32-26-14-8-7-13-25(26)31-27)34-17-15-33(16-18-34)20-22-9-3-1-4-10-22/h1-14,24H,15-18,20-21H2. The third kappa shape index (κ3) is 5.35. The number of ether oxygens (including phenoxy) is 1. The highest BCUT2D eigenvalue weighted by Crippen LogP contribution is 2.29. The van der Waals surface area contributed by atoms with Crippen LogP contribution in [0.5, 0.6) is 0 Å². The number of rotatable bonds is 7. The van der Waals surface area contributed by atoms with Gasteiger partial charge in [0.25, 0.3) is 0 Å². The molecule has 7 nitrogen and oxygen atoms in total. The molecule has 1 aliphatic heterocycles. The number of piperazine rings is 1. The zero-order valence-corrected chi connectivity index (χ0v) is 20.0. The molecule has 0 saturated carbocycles. The molecule has 0 spiro atoms. The summed E-state index contributed by atoms with van der Waals surface area (Å²) in [5, 5.41) is 10.0. The summed E-state index contributed by atoms with van der Waals surface area (Å²) in [4.78, 5) is 27.2. The van der Waals surface area contributed by atoms with Crippen LogP contribution in [0.1, 0.15) is 22.7 Å². The molecule has 0 N–H and O–H groups in total. The van der Waals surface area contributed by atoms with Crippen molar-refractivity contribution < 1.29 is 9.53 Å². The summed E-state index contributed by atoms with van der Waals surface area (Å²) in [6.45, 7) is 4.13. The number of carbonyl (C=O) groups is 1. The molecule has 0 amide bonds. The molecule has 0 aliphatic carbocycles. The molecule has 1 unspecified atom stereocenters. The van der Waals surface area contributed by atoms with Crippen LogP contribution in [0.25, 0.3) is 11.0 Å². The lowest BCUT2D eigenvalue weighted by molar-refractivity contribution is -0.145. The molecule has 0 bridgehead atoms. The maximum absolute atomic E-state index is 13.0. The van der Waals surface area contributed by atoms with E-state index >= 15 is 0 Å². The summed E-state index contributed by atoms with van der Waals surface area (Å²) in [7, 11) is 0. The van der Waals surface area contributed by atoms with Crippen LogP contribution in [-0.2, 0) is 22.7 Å². The summed E-state index contributed by atoms with van der Waals surface area (Å²) in [6, 6.07) is 29.5. The van der Waals surface area contributed by atoms with Crippen molar-refractivity contribution in [1.82, 2.24) is 14.9 Å². The molecule has 7 heteroatoms. The number of hydrogen-bond donors (Lipinski definition) is 0. The normalized spacial score (nSPS) is 14.8. The molecule has 1 aliphatic rings. The minimum absolute atomic E-state index is 0.104. The van der Waals surface area contributed by atoms with Gasteiger partial charge >= 0.3 is 5.97 Å². The van der Waals surface area contributed by atoms with Crippen molar-refractivity contribution in [2.24, 2.45) is 0 Å². The number of nitrogens with zero attached hydrogens (tertiary/aromatic N) is 5. The Kier molecular flexibility index (Phi) is 7.15. The number of aromatic nitrogens is 2. The molecule has 5 rings (SSSR count). The number of benzene rings is 3. The molecule has 1 saturated heterocycles. The Labute approximate surface area is 210 Å². The van der Waals surface area contributed by atoms with Crippen molar-refractivity contribution in [2.45, 2.75) is 19.1 Å². The van der Waals surface area contributed by atoms with Crippen molar-refractivity contribution in [3.63, 3.8) is 0 Å². The Morgan fingerprint density at radius 3 is 2.06 bits per heavy atom. The molecule has 3 aromatic carbocycles. The van der Waals surface area contributed by atoms with Gasteiger partial charge in [0.05, 0.1) is 17.1 Å². The molecule has 4 aromatic rings. The topological polar surface area (TPSA) is 82.3 Å². The molecule has 0 radical (unpaired) electrons. The van der Waals surface area contributed by atoms with E-state index in [1.807, 2.05) is 60.7 Å². The van der Waals surface area contributed by atoms with Crippen LogP contribution < -0.4 is 4.90 Å². The zero-order chi connectivity index (χ0) is 24.7. The maximum Gasteiger partial charge on any atom is 0.330 e. The number of fused-ring (bicyclic) bond motifs is 1. The SMILES string of the molecule is N#CC(C(=O)OCc1ccccc1)c1nc2ccccc2nc1N1CCN(Cc2ccccc2)CC1. The summed E-state index contributed by atoms with van der Waals surface area (Å²) in [5.41, 5.74) is 3.88. The van der Waals surface area contributed by atoms with Crippen molar-refractivity contribution in [3.05, 3.63) is 102 Å². The van der Waals surface area contributed by atoms with E-state index in [9.17, 15) is 10.1 Å². The lowest BCUT2D eigenvalue weighted by Gasteiger charge is -2.36. The Morgan fingerprint density at radius 2 is 1.42 bits per heavy atom. The Balaban J connectivity index is 1.37. The van der Waals surface area contributed by atoms with Gasteiger partial charge in [-0.25, -0.2) is 9.97 Å². The van der Waals surface area contributed by atoms with Gasteiger partial charge in [0.15, 0.2) is 11.7 Å². The molecule has 36 heavy (non-hydrogen) atoms. The van der Waals surface area contributed by atoms with Crippen LogP contribution in [0.15, 0.2) is 84.9 Å². The number of carbonyl (C=O) groups excluding carboxylic acids is 1. The first-order valence-electron chi connectivity index (χ1n) is 12.1. The second-order valence-electron chi connectivity index (χ2n) is 8.83. The highest BCUT2D eigenvalue weighted by Gasteiger charge is 2.31. The highest BCUT2D eigenvalue weighted by atomic mass is 16.5. The number of esters is 1. The first kappa shape index (κ1) is 23.5. The van der Waals surface area contributed by atoms with E-state index in [0.29, 0.717) is 17.0 Å². The minimum atomic E-state index is -1.16. The van der Waals surface area contributed by atoms with Crippen LogP contribution in [0.4, 0.5) is 5.82 Å². The first-order valence-corrected chi connectivity index (χ1v) is 12.1. The van der Waals surface area contributed by atoms with E-state index in [-0.39, 0.29) is 6.61 Å². The van der Waals surface area contributed by atoms with E-state index in [1.165, 1.54) is 5.56 Å². The molecule has 180 valence electrons.